The van der Waals surface area contributed by atoms with Crippen molar-refractivity contribution in [2.45, 2.75) is 31.9 Å². The Morgan fingerprint density at radius 2 is 2.29 bits per heavy atom. The zero-order chi connectivity index (χ0) is 21.6. The van der Waals surface area contributed by atoms with Crippen LogP contribution in [-0.2, 0) is 16.7 Å². The molecule has 0 bridgehead atoms. The third kappa shape index (κ3) is 3.30. The van der Waals surface area contributed by atoms with Gasteiger partial charge in [-0.15, -0.1) is 0 Å². The summed E-state index contributed by atoms with van der Waals surface area (Å²) in [6, 6.07) is 9.82. The monoisotopic (exact) mass is 417 g/mol. The fraction of sp³-hybridized carbons (Fsp3) is 0.364. The molecule has 0 aliphatic carbocycles. The van der Waals surface area contributed by atoms with Crippen molar-refractivity contribution in [1.82, 2.24) is 19.7 Å². The van der Waals surface area contributed by atoms with E-state index in [1.807, 2.05) is 36.7 Å². The molecule has 0 radical (unpaired) electrons. The highest BCUT2D eigenvalue weighted by molar-refractivity contribution is 5.76. The van der Waals surface area contributed by atoms with Gasteiger partial charge in [-0.25, -0.2) is 9.97 Å². The maximum absolute atomic E-state index is 9.92. The Bertz CT molecular complexity index is 1200. The van der Waals surface area contributed by atoms with Crippen molar-refractivity contribution in [3.63, 3.8) is 0 Å². The standard InChI is InChI=1S/C22H23N7O2/c1-13-18-9-19(28-29(18)5-6-31-13)27-21-24-4-3-17(26-21)14-7-15(10-23)20-16(8-14)22(2,12-30)11-25-20/h3-4,7-9,13,25,30H,5-6,11-12H2,1-2H3,(H,24,26,27,28). The first-order chi connectivity index (χ1) is 15.0. The van der Waals surface area contributed by atoms with Crippen molar-refractivity contribution in [2.75, 3.05) is 30.4 Å². The first kappa shape index (κ1) is 19.5. The smallest absolute Gasteiger partial charge is 0.228 e. The Kier molecular flexibility index (Phi) is 4.61. The molecule has 1 aromatic carbocycles. The lowest BCUT2D eigenvalue weighted by Gasteiger charge is -2.21. The molecule has 2 aliphatic heterocycles. The predicted molar refractivity (Wildman–Crippen MR) is 115 cm³/mol. The van der Waals surface area contributed by atoms with Crippen LogP contribution in [0.2, 0.25) is 0 Å². The molecule has 2 aliphatic rings. The van der Waals surface area contributed by atoms with Gasteiger partial charge in [-0.2, -0.15) is 10.4 Å². The number of nitrogens with one attached hydrogen (secondary N) is 2. The highest BCUT2D eigenvalue weighted by atomic mass is 16.5. The number of fused-ring (bicyclic) bond motifs is 2. The van der Waals surface area contributed by atoms with Crippen molar-refractivity contribution >= 4 is 17.5 Å². The van der Waals surface area contributed by atoms with Gasteiger partial charge in [0.1, 0.15) is 6.07 Å². The van der Waals surface area contributed by atoms with Gasteiger partial charge in [0.05, 0.1) is 48.5 Å². The van der Waals surface area contributed by atoms with Gasteiger partial charge < -0.3 is 20.5 Å². The maximum atomic E-state index is 9.92. The van der Waals surface area contributed by atoms with Gasteiger partial charge in [-0.05, 0) is 30.7 Å². The lowest BCUT2D eigenvalue weighted by Crippen LogP contribution is -2.28. The van der Waals surface area contributed by atoms with Crippen molar-refractivity contribution in [3.05, 3.63) is 47.3 Å². The molecule has 31 heavy (non-hydrogen) atoms. The van der Waals surface area contributed by atoms with Crippen LogP contribution in [0.1, 0.15) is 36.8 Å². The zero-order valence-corrected chi connectivity index (χ0v) is 17.4. The Morgan fingerprint density at radius 3 is 3.06 bits per heavy atom. The van der Waals surface area contributed by atoms with Crippen LogP contribution in [0.15, 0.2) is 30.5 Å². The number of hydrogen-bond donors (Lipinski definition) is 3. The number of nitrogens with zero attached hydrogens (tertiary/aromatic N) is 5. The fourth-order valence-corrected chi connectivity index (χ4v) is 4.16. The van der Waals surface area contributed by atoms with E-state index in [-0.39, 0.29) is 12.7 Å². The lowest BCUT2D eigenvalue weighted by atomic mass is 9.83. The van der Waals surface area contributed by atoms with Crippen LogP contribution in [0, 0.1) is 11.3 Å². The van der Waals surface area contributed by atoms with Gasteiger partial charge >= 0.3 is 0 Å². The summed E-state index contributed by atoms with van der Waals surface area (Å²) in [4.78, 5) is 8.97. The van der Waals surface area contributed by atoms with Gasteiger partial charge in [0, 0.05) is 29.8 Å². The Hall–Kier alpha value is -3.48. The Morgan fingerprint density at radius 1 is 1.42 bits per heavy atom. The second kappa shape index (κ2) is 7.34. The summed E-state index contributed by atoms with van der Waals surface area (Å²) in [5, 5.41) is 30.6. The molecule has 9 heteroatoms. The van der Waals surface area contributed by atoms with Crippen LogP contribution in [-0.4, -0.2) is 44.6 Å². The minimum Gasteiger partial charge on any atom is -0.395 e. The van der Waals surface area contributed by atoms with Crippen molar-refractivity contribution in [1.29, 1.82) is 5.26 Å². The molecule has 2 atom stereocenters. The van der Waals surface area contributed by atoms with E-state index in [2.05, 4.69) is 31.8 Å². The van der Waals surface area contributed by atoms with Crippen LogP contribution in [0.3, 0.4) is 0 Å². The second-order valence-electron chi connectivity index (χ2n) is 8.21. The number of anilines is 3. The molecule has 9 nitrogen and oxygen atoms in total. The van der Waals surface area contributed by atoms with E-state index in [0.717, 1.165) is 22.5 Å². The molecule has 3 N–H and O–H groups in total. The lowest BCUT2D eigenvalue weighted by molar-refractivity contribution is 0.0289. The number of benzene rings is 1. The molecular formula is C22H23N7O2. The molecule has 4 heterocycles. The van der Waals surface area contributed by atoms with Gasteiger partial charge in [0.15, 0.2) is 5.82 Å². The van der Waals surface area contributed by atoms with Crippen LogP contribution in [0.25, 0.3) is 11.3 Å². The number of rotatable bonds is 4. The highest BCUT2D eigenvalue weighted by Crippen LogP contribution is 2.41. The molecule has 0 fully saturated rings. The Labute approximate surface area is 179 Å². The van der Waals surface area contributed by atoms with E-state index in [9.17, 15) is 10.4 Å². The van der Waals surface area contributed by atoms with Crippen LogP contribution in [0.4, 0.5) is 17.5 Å². The van der Waals surface area contributed by atoms with E-state index in [1.165, 1.54) is 0 Å². The van der Waals surface area contributed by atoms with Gasteiger partial charge in [-0.3, -0.25) is 4.68 Å². The summed E-state index contributed by atoms with van der Waals surface area (Å²) in [5.74, 6) is 1.08. The van der Waals surface area contributed by atoms with E-state index < -0.39 is 5.41 Å². The quantitative estimate of drug-likeness (QED) is 0.593. The number of aliphatic hydroxyl groups excluding tert-OH is 1. The first-order valence-electron chi connectivity index (χ1n) is 10.2. The number of aromatic nitrogens is 4. The first-order valence-corrected chi connectivity index (χ1v) is 10.2. The van der Waals surface area contributed by atoms with Crippen LogP contribution < -0.4 is 10.6 Å². The van der Waals surface area contributed by atoms with Gasteiger partial charge in [0.25, 0.3) is 0 Å². The third-order valence-corrected chi connectivity index (χ3v) is 6.00. The largest absolute Gasteiger partial charge is 0.395 e. The number of ether oxygens (including phenoxy) is 1. The van der Waals surface area contributed by atoms with Crippen molar-refractivity contribution in [2.24, 2.45) is 0 Å². The normalized spacial score (nSPS) is 21.7. The summed E-state index contributed by atoms with van der Waals surface area (Å²) < 4.78 is 7.59. The summed E-state index contributed by atoms with van der Waals surface area (Å²) in [6.07, 6.45) is 1.67. The van der Waals surface area contributed by atoms with E-state index in [1.54, 1.807) is 12.3 Å². The highest BCUT2D eigenvalue weighted by Gasteiger charge is 2.36. The molecule has 2 unspecified atom stereocenters. The number of hydrogen-bond acceptors (Lipinski definition) is 8. The summed E-state index contributed by atoms with van der Waals surface area (Å²) in [6.45, 7) is 5.91. The van der Waals surface area contributed by atoms with Gasteiger partial charge in [-0.1, -0.05) is 6.92 Å². The number of aliphatic hydroxyl groups is 1. The molecule has 158 valence electrons. The molecule has 0 saturated carbocycles. The minimum atomic E-state index is -0.445. The SMILES string of the molecule is CC1OCCn2nc(Nc3nccc(-c4cc(C#N)c5c(c4)C(C)(CO)CN5)n3)cc21. The zero-order valence-electron chi connectivity index (χ0n) is 17.4. The molecule has 0 spiro atoms. The van der Waals surface area contributed by atoms with Crippen LogP contribution in [0.5, 0.6) is 0 Å². The van der Waals surface area contributed by atoms with E-state index in [0.29, 0.717) is 42.7 Å². The molecular weight excluding hydrogens is 394 g/mol. The molecule has 2 aromatic heterocycles. The van der Waals surface area contributed by atoms with Crippen LogP contribution >= 0.6 is 0 Å². The Balaban J connectivity index is 1.49. The average Bonchev–Trinajstić information content (AvgIpc) is 3.35. The predicted octanol–water partition coefficient (Wildman–Crippen LogP) is 2.72. The molecule has 3 aromatic rings. The number of nitriles is 1. The summed E-state index contributed by atoms with van der Waals surface area (Å²) in [7, 11) is 0. The molecule has 0 saturated heterocycles. The average molecular weight is 417 g/mol. The molecule has 0 amide bonds. The summed E-state index contributed by atoms with van der Waals surface area (Å²) in [5.41, 5.74) is 4.30. The van der Waals surface area contributed by atoms with Gasteiger partial charge in [0.2, 0.25) is 5.95 Å². The maximum Gasteiger partial charge on any atom is 0.228 e. The third-order valence-electron chi connectivity index (χ3n) is 6.00. The summed E-state index contributed by atoms with van der Waals surface area (Å²) >= 11 is 0. The second-order valence-corrected chi connectivity index (χ2v) is 8.21. The van der Waals surface area contributed by atoms with Crippen molar-refractivity contribution in [3.8, 4) is 17.3 Å². The van der Waals surface area contributed by atoms with E-state index in [4.69, 9.17) is 4.74 Å². The minimum absolute atomic E-state index is 0.00526. The molecule has 5 rings (SSSR count). The van der Waals surface area contributed by atoms with Crippen molar-refractivity contribution < 1.29 is 9.84 Å². The fourth-order valence-electron chi connectivity index (χ4n) is 4.16. The topological polar surface area (TPSA) is 121 Å². The van der Waals surface area contributed by atoms with E-state index >= 15 is 0 Å².